The van der Waals surface area contributed by atoms with Crippen molar-refractivity contribution in [2.75, 3.05) is 0 Å². The fourth-order valence-corrected chi connectivity index (χ4v) is 1.89. The summed E-state index contributed by atoms with van der Waals surface area (Å²) >= 11 is 0. The van der Waals surface area contributed by atoms with Crippen LogP contribution in [0.1, 0.15) is 17.2 Å². The van der Waals surface area contributed by atoms with E-state index in [-0.39, 0.29) is 23.2 Å². The molecule has 1 atom stereocenters. The molecule has 1 N–H and O–H groups in total. The van der Waals surface area contributed by atoms with Crippen molar-refractivity contribution in [1.29, 1.82) is 0 Å². The van der Waals surface area contributed by atoms with E-state index >= 15 is 0 Å². The Labute approximate surface area is 131 Å². The predicted octanol–water partition coefficient (Wildman–Crippen LogP) is 4.08. The van der Waals surface area contributed by atoms with E-state index in [9.17, 15) is 5.11 Å². The third-order valence-electron chi connectivity index (χ3n) is 2.90. The molecule has 0 saturated heterocycles. The largest absolute Gasteiger partial charge is 2.00 e. The van der Waals surface area contributed by atoms with Crippen molar-refractivity contribution in [3.8, 4) is 0 Å². The van der Waals surface area contributed by atoms with E-state index in [1.807, 2.05) is 84.9 Å². The number of aliphatic hydroxyl groups is 1. The Kier molecular flexibility index (Phi) is 7.67. The van der Waals surface area contributed by atoms with E-state index in [1.54, 1.807) is 0 Å². The van der Waals surface area contributed by atoms with Crippen molar-refractivity contribution in [3.63, 3.8) is 0 Å². The first-order valence-electron chi connectivity index (χ1n) is 6.46. The summed E-state index contributed by atoms with van der Waals surface area (Å²) < 4.78 is 0. The minimum Gasteiger partial charge on any atom is -0.400 e. The molecule has 1 nitrogen and oxygen atoms in total. The minimum absolute atomic E-state index is 0. The van der Waals surface area contributed by atoms with Crippen molar-refractivity contribution < 1.29 is 22.2 Å². The van der Waals surface area contributed by atoms with Gasteiger partial charge in [-0.25, -0.2) is 24.3 Å². The first-order valence-corrected chi connectivity index (χ1v) is 6.46. The second-order valence-corrected chi connectivity index (χ2v) is 4.39. The Bertz CT molecular complexity index is 509. The summed E-state index contributed by atoms with van der Waals surface area (Å²) in [4.78, 5) is 0. The molecule has 0 radical (unpaired) electrons. The maximum absolute atomic E-state index is 9.86. The van der Waals surface area contributed by atoms with Crippen LogP contribution in [0.5, 0.6) is 0 Å². The molecule has 0 spiro atoms. The van der Waals surface area contributed by atoms with Gasteiger partial charge < -0.3 is 5.11 Å². The first-order chi connectivity index (χ1) is 9.36. The van der Waals surface area contributed by atoms with E-state index < -0.39 is 0 Å². The van der Waals surface area contributed by atoms with Crippen LogP contribution in [0, 0.1) is 0 Å². The van der Waals surface area contributed by atoms with E-state index in [2.05, 4.69) is 0 Å². The van der Waals surface area contributed by atoms with Crippen LogP contribution >= 0.6 is 0 Å². The van der Waals surface area contributed by atoms with Gasteiger partial charge in [-0.1, -0.05) is 30.3 Å². The summed E-state index contributed by atoms with van der Waals surface area (Å²) in [6.07, 6.45) is 0.303. The second-order valence-electron chi connectivity index (χ2n) is 4.39. The molecular weight excluding hydrogens is 288 g/mol. The van der Waals surface area contributed by atoms with Gasteiger partial charge in [0.1, 0.15) is 0 Å². The molecule has 1 unspecified atom stereocenters. The van der Waals surface area contributed by atoms with Crippen molar-refractivity contribution in [3.05, 3.63) is 96.1 Å². The number of hydrogen-bond acceptors (Lipinski definition) is 1. The third kappa shape index (κ3) is 5.58. The van der Waals surface area contributed by atoms with Crippen LogP contribution < -0.4 is 0 Å². The number of aliphatic hydroxyl groups excluding tert-OH is 1. The monoisotopic (exact) mass is 306 g/mol. The maximum Gasteiger partial charge on any atom is 2.00 e. The number of hydrogen-bond donors (Lipinski definition) is 1. The van der Waals surface area contributed by atoms with Gasteiger partial charge in [0.2, 0.25) is 0 Å². The summed E-state index contributed by atoms with van der Waals surface area (Å²) in [5, 5.41) is 9.86. The van der Waals surface area contributed by atoms with Crippen LogP contribution in [0.4, 0.5) is 0 Å². The van der Waals surface area contributed by atoms with Crippen LogP contribution in [-0.2, 0) is 23.5 Å². The summed E-state index contributed by atoms with van der Waals surface area (Å²) in [6, 6.07) is 27.8. The molecule has 20 heavy (non-hydrogen) atoms. The Hall–Kier alpha value is -1.60. The van der Waals surface area contributed by atoms with Gasteiger partial charge in [-0.2, -0.15) is 30.3 Å². The molecule has 3 rings (SSSR count). The molecule has 0 amide bonds. The zero-order valence-corrected chi connectivity index (χ0v) is 12.3. The molecular formula is C18H18FeO. The average molecular weight is 306 g/mol. The summed E-state index contributed by atoms with van der Waals surface area (Å²) in [6.45, 7) is 0. The van der Waals surface area contributed by atoms with Crippen LogP contribution in [0.3, 0.4) is 0 Å². The summed E-state index contributed by atoms with van der Waals surface area (Å²) in [5.74, 6) is 0. The molecule has 0 aliphatic carbocycles. The molecule has 0 aromatic heterocycles. The molecule has 0 aliphatic rings. The van der Waals surface area contributed by atoms with Gasteiger partial charge in [0.25, 0.3) is 0 Å². The van der Waals surface area contributed by atoms with Gasteiger partial charge in [-0.15, -0.1) is 5.56 Å². The van der Waals surface area contributed by atoms with Crippen molar-refractivity contribution in [2.24, 2.45) is 0 Å². The van der Waals surface area contributed by atoms with Crippen molar-refractivity contribution in [1.82, 2.24) is 0 Å². The van der Waals surface area contributed by atoms with E-state index in [0.717, 1.165) is 5.56 Å². The molecule has 3 aromatic carbocycles. The fourth-order valence-electron chi connectivity index (χ4n) is 1.89. The van der Waals surface area contributed by atoms with Gasteiger partial charge in [0.15, 0.2) is 0 Å². The Morgan fingerprint density at radius 3 is 2.00 bits per heavy atom. The Balaban J connectivity index is 0.000000283. The van der Waals surface area contributed by atoms with E-state index in [4.69, 9.17) is 0 Å². The summed E-state index contributed by atoms with van der Waals surface area (Å²) in [5.41, 5.74) is 2.16. The number of rotatable bonds is 3. The van der Waals surface area contributed by atoms with Crippen LogP contribution in [-0.4, -0.2) is 5.11 Å². The molecule has 0 fully saturated rings. The van der Waals surface area contributed by atoms with Gasteiger partial charge in [0.05, 0.1) is 0 Å². The molecule has 3 aromatic rings. The number of benzene rings is 1. The van der Waals surface area contributed by atoms with Crippen molar-refractivity contribution in [2.45, 2.75) is 12.5 Å². The smallest absolute Gasteiger partial charge is 0.400 e. The quantitative estimate of drug-likeness (QED) is 0.571. The van der Waals surface area contributed by atoms with Crippen LogP contribution in [0.25, 0.3) is 0 Å². The molecule has 104 valence electrons. The summed E-state index contributed by atoms with van der Waals surface area (Å²) in [7, 11) is 0. The SMILES string of the molecule is OC(Cc1ccccc1)[c-]1cccc1.[Fe+2].c1cc[cH-]c1. The third-order valence-corrected chi connectivity index (χ3v) is 2.90. The van der Waals surface area contributed by atoms with Gasteiger partial charge in [0, 0.05) is 6.10 Å². The average Bonchev–Trinajstić information content (AvgIpc) is 3.16. The van der Waals surface area contributed by atoms with Gasteiger partial charge >= 0.3 is 17.1 Å². The maximum atomic E-state index is 9.86. The van der Waals surface area contributed by atoms with Crippen molar-refractivity contribution >= 4 is 0 Å². The first kappa shape index (κ1) is 16.5. The zero-order valence-electron chi connectivity index (χ0n) is 11.2. The van der Waals surface area contributed by atoms with Gasteiger partial charge in [-0.05, 0) is 12.0 Å². The predicted molar refractivity (Wildman–Crippen MR) is 79.2 cm³/mol. The standard InChI is InChI=1S/C13H13O.C5H5.Fe/c14-13(12-8-4-5-9-12)10-11-6-2-1-3-7-11;1-2-4-5-3-1;/h1-9,13-14H,10H2;1-5H;/q2*-1;+2. The minimum atomic E-state index is -0.382. The topological polar surface area (TPSA) is 20.2 Å². The van der Waals surface area contributed by atoms with E-state index in [0.29, 0.717) is 6.42 Å². The molecule has 2 heteroatoms. The van der Waals surface area contributed by atoms with Crippen LogP contribution in [0.15, 0.2) is 84.9 Å². The fraction of sp³-hybridized carbons (Fsp3) is 0.111. The van der Waals surface area contributed by atoms with Crippen LogP contribution in [0.2, 0.25) is 0 Å². The zero-order chi connectivity index (χ0) is 13.3. The molecule has 0 saturated carbocycles. The van der Waals surface area contributed by atoms with Gasteiger partial charge in [-0.3, -0.25) is 0 Å². The van der Waals surface area contributed by atoms with E-state index in [1.165, 1.54) is 5.56 Å². The second kappa shape index (κ2) is 9.33. The molecule has 0 heterocycles. The molecule has 0 bridgehead atoms. The Morgan fingerprint density at radius 2 is 1.50 bits per heavy atom. The molecule has 0 aliphatic heterocycles. The normalized spacial score (nSPS) is 10.8. The Morgan fingerprint density at radius 1 is 0.900 bits per heavy atom.